The van der Waals surface area contributed by atoms with Gasteiger partial charge in [-0.15, -0.1) is 23.2 Å². The van der Waals surface area contributed by atoms with Crippen LogP contribution in [0.1, 0.15) is 29.9 Å². The molecule has 2 aliphatic carbocycles. The number of hydrogen-bond donors (Lipinski definition) is 1. The average Bonchev–Trinajstić information content (AvgIpc) is 3.41. The van der Waals surface area contributed by atoms with Crippen LogP contribution in [0.25, 0.3) is 6.08 Å². The van der Waals surface area contributed by atoms with E-state index in [1.54, 1.807) is 36.4 Å². The third-order valence-electron chi connectivity index (χ3n) is 9.81. The van der Waals surface area contributed by atoms with E-state index >= 15 is 8.78 Å². The average molecular weight is 703 g/mol. The summed E-state index contributed by atoms with van der Waals surface area (Å²) in [5.74, 6) is -21.5. The van der Waals surface area contributed by atoms with Crippen molar-refractivity contribution in [3.05, 3.63) is 107 Å². The Morgan fingerprint density at radius 1 is 0.812 bits per heavy atom. The number of fused-ring (bicyclic) bond motifs is 4. The molecule has 2 aliphatic heterocycles. The van der Waals surface area contributed by atoms with Crippen molar-refractivity contribution in [1.29, 1.82) is 0 Å². The van der Waals surface area contributed by atoms with Gasteiger partial charge in [0, 0.05) is 5.92 Å². The second kappa shape index (κ2) is 10.7. The van der Waals surface area contributed by atoms with Gasteiger partial charge >= 0.3 is 0 Å². The quantitative estimate of drug-likeness (QED) is 0.0837. The molecule has 4 aliphatic rings. The molecule has 3 aromatic rings. The Kier molecular flexibility index (Phi) is 7.16. The van der Waals surface area contributed by atoms with Crippen LogP contribution >= 0.6 is 23.2 Å². The van der Waals surface area contributed by atoms with E-state index in [0.29, 0.717) is 0 Å². The summed E-state index contributed by atoms with van der Waals surface area (Å²) >= 11 is 14.1. The molecular weight excluding hydrogens is 682 g/mol. The van der Waals surface area contributed by atoms with Crippen molar-refractivity contribution in [3.63, 3.8) is 0 Å². The lowest BCUT2D eigenvalue weighted by molar-refractivity contribution is -0.125. The van der Waals surface area contributed by atoms with Gasteiger partial charge in [0.1, 0.15) is 11.4 Å². The lowest BCUT2D eigenvalue weighted by atomic mass is 9.56. The predicted octanol–water partition coefficient (Wildman–Crippen LogP) is 6.50. The smallest absolute Gasteiger partial charge is 0.258 e. The highest BCUT2D eigenvalue weighted by Gasteiger charge is 2.77. The Labute approximate surface area is 278 Å². The van der Waals surface area contributed by atoms with Gasteiger partial charge < -0.3 is 5.11 Å². The van der Waals surface area contributed by atoms with Crippen LogP contribution in [0.5, 0.6) is 5.75 Å². The van der Waals surface area contributed by atoms with Crippen molar-refractivity contribution in [2.24, 2.45) is 17.8 Å². The number of benzene rings is 3. The molecule has 0 aromatic heterocycles. The number of carbonyl (C=O) groups excluding carboxylic acids is 4. The molecule has 0 bridgehead atoms. The summed E-state index contributed by atoms with van der Waals surface area (Å²) in [7, 11) is 0. The topological polar surface area (TPSA) is 95.0 Å². The zero-order valence-corrected chi connectivity index (χ0v) is 25.8. The molecule has 7 nitrogen and oxygen atoms in total. The van der Waals surface area contributed by atoms with E-state index in [-0.39, 0.29) is 33.9 Å². The number of carbonyl (C=O) groups is 4. The van der Waals surface area contributed by atoms with Gasteiger partial charge in [-0.25, -0.2) is 26.9 Å². The largest absolute Gasteiger partial charge is 0.508 e. The zero-order chi connectivity index (χ0) is 34.6. The SMILES string of the molecule is C=Cc1ccc(N2C(=O)[C@H]3[C@H](CC=C4[C@H]3C[C@@]3(Cl)C(=O)N(c5c(F)c(F)c(F)c(F)c5F)C(=O)[C@@]3(Cl)[C@H]4c3cccc(O)c3)C2=O)cc1. The van der Waals surface area contributed by atoms with Gasteiger partial charge in [-0.1, -0.05) is 48.6 Å². The van der Waals surface area contributed by atoms with Crippen LogP contribution in [0.15, 0.2) is 66.8 Å². The highest BCUT2D eigenvalue weighted by atomic mass is 35.5. The third-order valence-corrected chi connectivity index (χ3v) is 11.2. The van der Waals surface area contributed by atoms with Gasteiger partial charge in [-0.2, -0.15) is 0 Å². The van der Waals surface area contributed by atoms with Crippen LogP contribution in [0.2, 0.25) is 0 Å². The monoisotopic (exact) mass is 702 g/mol. The highest BCUT2D eigenvalue weighted by molar-refractivity contribution is 6.58. The molecule has 7 rings (SSSR count). The maximum absolute atomic E-state index is 15.1. The summed E-state index contributed by atoms with van der Waals surface area (Å²) in [4.78, 5) is 51.7. The summed E-state index contributed by atoms with van der Waals surface area (Å²) in [6.45, 7) is 3.68. The van der Waals surface area contributed by atoms with Crippen molar-refractivity contribution in [1.82, 2.24) is 0 Å². The van der Waals surface area contributed by atoms with E-state index in [1.165, 1.54) is 24.3 Å². The van der Waals surface area contributed by atoms with Gasteiger partial charge in [0.15, 0.2) is 33.0 Å². The molecule has 3 aromatic carbocycles. The second-order valence-electron chi connectivity index (χ2n) is 12.1. The number of allylic oxidation sites excluding steroid dienone is 2. The van der Waals surface area contributed by atoms with Gasteiger partial charge in [0.05, 0.1) is 17.5 Å². The lowest BCUT2D eigenvalue weighted by Gasteiger charge is -2.50. The zero-order valence-electron chi connectivity index (χ0n) is 24.3. The van der Waals surface area contributed by atoms with E-state index in [2.05, 4.69) is 6.58 Å². The lowest BCUT2D eigenvalue weighted by Crippen LogP contribution is -2.60. The molecule has 6 atom stereocenters. The van der Waals surface area contributed by atoms with E-state index in [1.807, 2.05) is 0 Å². The summed E-state index contributed by atoms with van der Waals surface area (Å²) < 4.78 is 72.9. The molecule has 48 heavy (non-hydrogen) atoms. The fourth-order valence-corrected chi connectivity index (χ4v) is 8.59. The molecule has 2 heterocycles. The maximum Gasteiger partial charge on any atom is 0.258 e. The number of aromatic hydroxyl groups is 1. The Balaban J connectivity index is 1.41. The minimum absolute atomic E-state index is 0.0105. The number of amides is 4. The Bertz CT molecular complexity index is 2010. The van der Waals surface area contributed by atoms with Crippen LogP contribution in [0.3, 0.4) is 0 Å². The van der Waals surface area contributed by atoms with Crippen molar-refractivity contribution in [2.45, 2.75) is 28.5 Å². The minimum atomic E-state index is -2.67. The number of phenols is 1. The van der Waals surface area contributed by atoms with Crippen LogP contribution < -0.4 is 9.80 Å². The molecule has 2 saturated heterocycles. The normalized spacial score (nSPS) is 29.5. The number of imide groups is 2. The molecule has 0 spiro atoms. The van der Waals surface area contributed by atoms with Crippen molar-refractivity contribution in [3.8, 4) is 5.75 Å². The molecule has 1 N–H and O–H groups in total. The third kappa shape index (κ3) is 3.99. The van der Waals surface area contributed by atoms with Crippen molar-refractivity contribution >= 4 is 64.3 Å². The van der Waals surface area contributed by atoms with Crippen LogP contribution in [-0.4, -0.2) is 38.5 Å². The standard InChI is InChI=1S/C34H21Cl2F5N2O5/c1-2-14-6-8-16(9-7-14)42-29(45)19-11-10-18-20(21(19)30(42)46)13-33(35)31(47)43(28-26(40)24(38)23(37)25(39)27(28)41)32(48)34(33,36)22(18)15-4-3-5-17(44)12-15/h2-10,12,19-22,44H,1,11,13H2/t19-,20+,21-,22-,33+,34-/m0/s1. The molecule has 3 fully saturated rings. The molecule has 4 amide bonds. The molecule has 246 valence electrons. The van der Waals surface area contributed by atoms with Crippen LogP contribution in [-0.2, 0) is 19.2 Å². The molecule has 0 radical (unpaired) electrons. The summed E-state index contributed by atoms with van der Waals surface area (Å²) in [6.07, 6.45) is 2.52. The first-order chi connectivity index (χ1) is 22.7. The Morgan fingerprint density at radius 3 is 2.04 bits per heavy atom. The molecule has 0 unspecified atom stereocenters. The van der Waals surface area contributed by atoms with E-state index in [9.17, 15) is 37.5 Å². The molecule has 1 saturated carbocycles. The second-order valence-corrected chi connectivity index (χ2v) is 13.3. The highest BCUT2D eigenvalue weighted by Crippen LogP contribution is 2.66. The summed E-state index contributed by atoms with van der Waals surface area (Å²) in [5, 5.41) is 10.4. The maximum atomic E-state index is 15.1. The summed E-state index contributed by atoms with van der Waals surface area (Å²) in [6, 6.07) is 11.7. The van der Waals surface area contributed by atoms with Gasteiger partial charge in [-0.05, 0) is 54.2 Å². The molecule has 14 heteroatoms. The number of phenolic OH excluding ortho intramolecular Hbond substituents is 1. The van der Waals surface area contributed by atoms with Crippen molar-refractivity contribution < 1.29 is 46.2 Å². The Hall–Kier alpha value is -4.55. The fraction of sp³-hybridized carbons (Fsp3) is 0.235. The number of nitrogens with zero attached hydrogens (tertiary/aromatic N) is 2. The molecular formula is C34H21Cl2F5N2O5. The first-order valence-corrected chi connectivity index (χ1v) is 15.3. The van der Waals surface area contributed by atoms with E-state index in [0.717, 1.165) is 10.5 Å². The van der Waals surface area contributed by atoms with Gasteiger partial charge in [0.2, 0.25) is 17.6 Å². The van der Waals surface area contributed by atoms with Gasteiger partial charge in [0.25, 0.3) is 11.8 Å². The fourth-order valence-electron chi connectivity index (χ4n) is 7.66. The number of alkyl halides is 2. The number of rotatable bonds is 4. The first kappa shape index (κ1) is 32.0. The Morgan fingerprint density at radius 2 is 1.44 bits per heavy atom. The van der Waals surface area contributed by atoms with Gasteiger partial charge in [-0.3, -0.25) is 24.1 Å². The van der Waals surface area contributed by atoms with E-state index < -0.39 is 98.2 Å². The predicted molar refractivity (Wildman–Crippen MR) is 164 cm³/mol. The van der Waals surface area contributed by atoms with Crippen LogP contribution in [0.4, 0.5) is 33.3 Å². The summed E-state index contributed by atoms with van der Waals surface area (Å²) in [5.41, 5.74) is -0.492. The number of halogens is 7. The minimum Gasteiger partial charge on any atom is -0.508 e. The first-order valence-electron chi connectivity index (χ1n) is 14.6. The number of hydrogen-bond acceptors (Lipinski definition) is 5. The van der Waals surface area contributed by atoms with E-state index in [4.69, 9.17) is 23.2 Å². The number of anilines is 2. The van der Waals surface area contributed by atoms with Crippen LogP contribution in [0, 0.1) is 46.8 Å². The van der Waals surface area contributed by atoms with Crippen molar-refractivity contribution in [2.75, 3.05) is 9.80 Å².